The Morgan fingerprint density at radius 1 is 1.22 bits per heavy atom. The van der Waals surface area contributed by atoms with Gasteiger partial charge in [0.2, 0.25) is 0 Å². The van der Waals surface area contributed by atoms with Gasteiger partial charge in [-0.2, -0.15) is 0 Å². The minimum atomic E-state index is -0.0902. The standard InChI is InChI=1S/C21H21N3O2S/c1-26-17-9-3-2-8-16(17)24-20(25)19-15-7-4-10-18(15)27-21(19)23-13-14-6-5-11-22-12-14/h2-3,5-6,8-9,11-12,23H,4,7,10,13H2,1H3,(H,24,25). The highest BCUT2D eigenvalue weighted by molar-refractivity contribution is 7.16. The summed E-state index contributed by atoms with van der Waals surface area (Å²) in [5.41, 5.74) is 3.71. The van der Waals surface area contributed by atoms with E-state index in [0.717, 1.165) is 35.4 Å². The molecule has 2 N–H and O–H groups in total. The minimum Gasteiger partial charge on any atom is -0.495 e. The second-order valence-corrected chi connectivity index (χ2v) is 7.54. The predicted octanol–water partition coefficient (Wildman–Crippen LogP) is 4.50. The quantitative estimate of drug-likeness (QED) is 0.662. The van der Waals surface area contributed by atoms with Gasteiger partial charge >= 0.3 is 0 Å². The summed E-state index contributed by atoms with van der Waals surface area (Å²) in [6.45, 7) is 0.641. The maximum absolute atomic E-state index is 13.1. The lowest BCUT2D eigenvalue weighted by Gasteiger charge is -2.12. The van der Waals surface area contributed by atoms with E-state index in [0.29, 0.717) is 18.0 Å². The zero-order valence-electron chi connectivity index (χ0n) is 15.1. The summed E-state index contributed by atoms with van der Waals surface area (Å²) in [5.74, 6) is 0.565. The first-order valence-electron chi connectivity index (χ1n) is 8.98. The van der Waals surface area contributed by atoms with Gasteiger partial charge in [-0.3, -0.25) is 9.78 Å². The summed E-state index contributed by atoms with van der Waals surface area (Å²) < 4.78 is 5.36. The van der Waals surface area contributed by atoms with Crippen molar-refractivity contribution in [1.29, 1.82) is 0 Å². The number of hydrogen-bond acceptors (Lipinski definition) is 5. The van der Waals surface area contributed by atoms with Crippen LogP contribution in [-0.4, -0.2) is 18.0 Å². The van der Waals surface area contributed by atoms with Crippen LogP contribution in [-0.2, 0) is 19.4 Å². The zero-order valence-corrected chi connectivity index (χ0v) is 15.9. The number of carbonyl (C=O) groups excluding carboxylic acids is 1. The summed E-state index contributed by atoms with van der Waals surface area (Å²) in [6, 6.07) is 11.4. The van der Waals surface area contributed by atoms with Gasteiger partial charge in [0.1, 0.15) is 10.8 Å². The number of benzene rings is 1. The van der Waals surface area contributed by atoms with Crippen molar-refractivity contribution in [1.82, 2.24) is 4.98 Å². The second kappa shape index (κ2) is 7.80. The normalized spacial score (nSPS) is 12.5. The summed E-state index contributed by atoms with van der Waals surface area (Å²) in [4.78, 5) is 18.6. The third-order valence-corrected chi connectivity index (χ3v) is 5.93. The molecule has 0 unspecified atom stereocenters. The third-order valence-electron chi connectivity index (χ3n) is 4.68. The molecule has 2 aromatic heterocycles. The molecule has 0 bridgehead atoms. The Balaban J connectivity index is 1.60. The highest BCUT2D eigenvalue weighted by Gasteiger charge is 2.27. The van der Waals surface area contributed by atoms with E-state index in [2.05, 4.69) is 15.6 Å². The Morgan fingerprint density at radius 3 is 2.93 bits per heavy atom. The van der Waals surface area contributed by atoms with Crippen molar-refractivity contribution in [2.45, 2.75) is 25.8 Å². The monoisotopic (exact) mass is 379 g/mol. The molecular weight excluding hydrogens is 358 g/mol. The number of nitrogens with one attached hydrogen (secondary N) is 2. The Bertz CT molecular complexity index is 953. The molecule has 0 saturated heterocycles. The maximum Gasteiger partial charge on any atom is 0.259 e. The van der Waals surface area contributed by atoms with Gasteiger partial charge in [0.15, 0.2) is 0 Å². The van der Waals surface area contributed by atoms with Crippen LogP contribution in [0.4, 0.5) is 10.7 Å². The Kier molecular flexibility index (Phi) is 5.07. The third kappa shape index (κ3) is 3.66. The van der Waals surface area contributed by atoms with Gasteiger partial charge in [-0.15, -0.1) is 11.3 Å². The van der Waals surface area contributed by atoms with Crippen LogP contribution < -0.4 is 15.4 Å². The summed E-state index contributed by atoms with van der Waals surface area (Å²) in [6.07, 6.45) is 6.70. The minimum absolute atomic E-state index is 0.0902. The van der Waals surface area contributed by atoms with E-state index in [9.17, 15) is 4.79 Å². The van der Waals surface area contributed by atoms with E-state index in [1.165, 1.54) is 10.4 Å². The fourth-order valence-electron chi connectivity index (χ4n) is 3.39. The predicted molar refractivity (Wildman–Crippen MR) is 109 cm³/mol. The van der Waals surface area contributed by atoms with Crippen LogP contribution in [0.15, 0.2) is 48.8 Å². The number of aromatic nitrogens is 1. The Morgan fingerprint density at radius 2 is 2.11 bits per heavy atom. The van der Waals surface area contributed by atoms with Gasteiger partial charge in [0.25, 0.3) is 5.91 Å². The lowest BCUT2D eigenvalue weighted by molar-refractivity contribution is 0.102. The number of pyridine rings is 1. The maximum atomic E-state index is 13.1. The Hall–Kier alpha value is -2.86. The number of carbonyl (C=O) groups is 1. The van der Waals surface area contributed by atoms with Crippen LogP contribution in [0.5, 0.6) is 5.75 Å². The molecule has 0 atom stereocenters. The number of aryl methyl sites for hydroxylation is 1. The fourth-order valence-corrected chi connectivity index (χ4v) is 4.67. The molecule has 1 aliphatic carbocycles. The molecule has 3 aromatic rings. The molecule has 4 rings (SSSR count). The van der Waals surface area contributed by atoms with Crippen LogP contribution in [0.25, 0.3) is 0 Å². The van der Waals surface area contributed by atoms with E-state index in [-0.39, 0.29) is 5.91 Å². The molecule has 27 heavy (non-hydrogen) atoms. The SMILES string of the molecule is COc1ccccc1NC(=O)c1c(NCc2cccnc2)sc2c1CCC2. The van der Waals surface area contributed by atoms with Crippen LogP contribution in [0.3, 0.4) is 0 Å². The van der Waals surface area contributed by atoms with E-state index in [4.69, 9.17) is 4.74 Å². The number of anilines is 2. The molecule has 5 nitrogen and oxygen atoms in total. The average molecular weight is 379 g/mol. The summed E-state index contributed by atoms with van der Waals surface area (Å²) in [7, 11) is 1.61. The number of fused-ring (bicyclic) bond motifs is 1. The van der Waals surface area contributed by atoms with E-state index >= 15 is 0 Å². The first-order valence-corrected chi connectivity index (χ1v) is 9.79. The van der Waals surface area contributed by atoms with Crippen molar-refractivity contribution in [2.75, 3.05) is 17.7 Å². The van der Waals surface area contributed by atoms with Crippen LogP contribution in [0.2, 0.25) is 0 Å². The molecular formula is C21H21N3O2S. The second-order valence-electron chi connectivity index (χ2n) is 6.43. The van der Waals surface area contributed by atoms with Crippen molar-refractivity contribution < 1.29 is 9.53 Å². The van der Waals surface area contributed by atoms with Crippen LogP contribution >= 0.6 is 11.3 Å². The highest BCUT2D eigenvalue weighted by Crippen LogP contribution is 2.40. The number of hydrogen-bond donors (Lipinski definition) is 2. The van der Waals surface area contributed by atoms with Gasteiger partial charge in [-0.25, -0.2) is 0 Å². The number of thiophene rings is 1. The number of methoxy groups -OCH3 is 1. The lowest BCUT2D eigenvalue weighted by atomic mass is 10.1. The van der Waals surface area contributed by atoms with E-state index in [1.54, 1.807) is 24.6 Å². The van der Waals surface area contributed by atoms with Crippen molar-refractivity contribution in [2.24, 2.45) is 0 Å². The first kappa shape index (κ1) is 17.5. The van der Waals surface area contributed by atoms with Gasteiger partial charge in [-0.1, -0.05) is 18.2 Å². The molecule has 6 heteroatoms. The smallest absolute Gasteiger partial charge is 0.259 e. The van der Waals surface area contributed by atoms with Gasteiger partial charge < -0.3 is 15.4 Å². The zero-order chi connectivity index (χ0) is 18.6. The lowest BCUT2D eigenvalue weighted by Crippen LogP contribution is -2.15. The molecule has 0 saturated carbocycles. The van der Waals surface area contributed by atoms with E-state index in [1.807, 2.05) is 42.6 Å². The summed E-state index contributed by atoms with van der Waals surface area (Å²) >= 11 is 1.69. The number of nitrogens with zero attached hydrogens (tertiary/aromatic N) is 1. The number of para-hydroxylation sites is 2. The van der Waals surface area contributed by atoms with Crippen molar-refractivity contribution in [3.63, 3.8) is 0 Å². The number of rotatable bonds is 6. The van der Waals surface area contributed by atoms with Crippen molar-refractivity contribution in [3.05, 3.63) is 70.4 Å². The molecule has 0 radical (unpaired) electrons. The average Bonchev–Trinajstić information content (AvgIpc) is 3.28. The summed E-state index contributed by atoms with van der Waals surface area (Å²) in [5, 5.41) is 7.39. The fraction of sp³-hybridized carbons (Fsp3) is 0.238. The largest absolute Gasteiger partial charge is 0.495 e. The van der Waals surface area contributed by atoms with Crippen LogP contribution in [0, 0.1) is 0 Å². The van der Waals surface area contributed by atoms with Gasteiger partial charge in [0, 0.05) is 23.8 Å². The molecule has 0 spiro atoms. The first-order chi connectivity index (χ1) is 13.3. The molecule has 1 aliphatic rings. The van der Waals surface area contributed by atoms with Gasteiger partial charge in [0.05, 0.1) is 18.4 Å². The molecule has 0 aliphatic heterocycles. The van der Waals surface area contributed by atoms with Crippen molar-refractivity contribution in [3.8, 4) is 5.75 Å². The molecule has 138 valence electrons. The topological polar surface area (TPSA) is 63.2 Å². The van der Waals surface area contributed by atoms with Crippen molar-refractivity contribution >= 4 is 27.9 Å². The molecule has 1 amide bonds. The number of ether oxygens (including phenoxy) is 1. The highest BCUT2D eigenvalue weighted by atomic mass is 32.1. The molecule has 0 fully saturated rings. The van der Waals surface area contributed by atoms with E-state index < -0.39 is 0 Å². The number of amides is 1. The van der Waals surface area contributed by atoms with Gasteiger partial charge in [-0.05, 0) is 48.6 Å². The van der Waals surface area contributed by atoms with Crippen LogP contribution in [0.1, 0.15) is 32.8 Å². The molecule has 2 heterocycles. The molecule has 1 aromatic carbocycles. The Labute approximate surface area is 162 Å².